The maximum Gasteiger partial charge on any atom is 0.0635 e. The van der Waals surface area contributed by atoms with E-state index in [0.29, 0.717) is 5.92 Å². The lowest BCUT2D eigenvalue weighted by atomic mass is 9.76. The Labute approximate surface area is 271 Å². The standard InChI is InChI=1S/C45H35N/c1-45(2)39-19-11-9-17-37(39)43-40(45)25-26-42-44(43)38-18-10-12-20-41(38)46(42)36-23-21-32(22-24-36)35-28-33(30-13-5-3-6-14-30)27-34(29-35)31-15-7-4-8-16-31/h3-29,42,44H,1-2H3/t42-,44?/m1/s1. The zero-order valence-electron chi connectivity index (χ0n) is 26.2. The molecule has 0 saturated heterocycles. The monoisotopic (exact) mass is 589 g/mol. The molecule has 1 unspecified atom stereocenters. The van der Waals surface area contributed by atoms with Gasteiger partial charge in [-0.25, -0.2) is 0 Å². The maximum absolute atomic E-state index is 2.56. The van der Waals surface area contributed by atoms with Crippen LogP contribution in [0, 0.1) is 0 Å². The van der Waals surface area contributed by atoms with Crippen molar-refractivity contribution in [3.63, 3.8) is 0 Å². The predicted molar refractivity (Wildman–Crippen MR) is 193 cm³/mol. The number of benzene rings is 6. The number of allylic oxidation sites excluding steroid dienone is 2. The molecule has 0 aromatic heterocycles. The Kier molecular flexibility index (Phi) is 6.05. The van der Waals surface area contributed by atoms with Crippen LogP contribution >= 0.6 is 0 Å². The lowest BCUT2D eigenvalue weighted by Gasteiger charge is -2.33. The Balaban J connectivity index is 1.12. The molecule has 2 aliphatic carbocycles. The lowest BCUT2D eigenvalue weighted by Crippen LogP contribution is -2.31. The SMILES string of the molecule is CC1(C)C2=C(c3ccccc31)C1c3ccccc3N(c3ccc(-c4cc(-c5ccccc5)cc(-c5ccccc5)c4)cc3)[C@@H]1C=C2. The second-order valence-corrected chi connectivity index (χ2v) is 13.3. The number of rotatable bonds is 4. The molecule has 2 atom stereocenters. The highest BCUT2D eigenvalue weighted by atomic mass is 15.2. The van der Waals surface area contributed by atoms with Crippen LogP contribution in [0.15, 0.2) is 169 Å². The summed E-state index contributed by atoms with van der Waals surface area (Å²) in [5.74, 6) is 0.301. The van der Waals surface area contributed by atoms with E-state index in [4.69, 9.17) is 0 Å². The van der Waals surface area contributed by atoms with Gasteiger partial charge in [0, 0.05) is 22.7 Å². The summed E-state index contributed by atoms with van der Waals surface area (Å²) >= 11 is 0. The fraction of sp³-hybridized carbons (Fsp3) is 0.111. The molecule has 0 N–H and O–H groups in total. The van der Waals surface area contributed by atoms with E-state index < -0.39 is 0 Å². The van der Waals surface area contributed by atoms with Crippen LogP contribution in [-0.4, -0.2) is 6.04 Å². The van der Waals surface area contributed by atoms with Gasteiger partial charge in [-0.3, -0.25) is 0 Å². The summed E-state index contributed by atoms with van der Waals surface area (Å²) in [4.78, 5) is 2.56. The second kappa shape index (κ2) is 10.3. The first kappa shape index (κ1) is 27.0. The lowest BCUT2D eigenvalue weighted by molar-refractivity contribution is 0.644. The van der Waals surface area contributed by atoms with Gasteiger partial charge in [0.2, 0.25) is 0 Å². The molecule has 0 amide bonds. The predicted octanol–water partition coefficient (Wildman–Crippen LogP) is 11.6. The Morgan fingerprint density at radius 3 is 1.72 bits per heavy atom. The van der Waals surface area contributed by atoms with E-state index in [0.717, 1.165) is 0 Å². The van der Waals surface area contributed by atoms with Crippen molar-refractivity contribution in [2.75, 3.05) is 4.90 Å². The van der Waals surface area contributed by atoms with Gasteiger partial charge in [0.15, 0.2) is 0 Å². The van der Waals surface area contributed by atoms with Crippen LogP contribution in [0.3, 0.4) is 0 Å². The molecule has 6 aromatic rings. The van der Waals surface area contributed by atoms with Crippen molar-refractivity contribution in [2.45, 2.75) is 31.2 Å². The normalized spacial score (nSPS) is 18.6. The fourth-order valence-electron chi connectivity index (χ4n) is 8.22. The van der Waals surface area contributed by atoms with Crippen LogP contribution in [0.4, 0.5) is 11.4 Å². The van der Waals surface area contributed by atoms with Crippen molar-refractivity contribution in [1.82, 2.24) is 0 Å². The number of hydrogen-bond donors (Lipinski definition) is 0. The van der Waals surface area contributed by atoms with Gasteiger partial charge in [-0.05, 0) is 97.6 Å². The highest BCUT2D eigenvalue weighted by Crippen LogP contribution is 2.60. The van der Waals surface area contributed by atoms with E-state index in [-0.39, 0.29) is 11.5 Å². The van der Waals surface area contributed by atoms with Gasteiger partial charge in [0.05, 0.1) is 6.04 Å². The molecule has 0 bridgehead atoms. The Bertz CT molecular complexity index is 2110. The van der Waals surface area contributed by atoms with E-state index in [2.05, 4.69) is 183 Å². The van der Waals surface area contributed by atoms with Crippen LogP contribution in [-0.2, 0) is 5.41 Å². The summed E-state index contributed by atoms with van der Waals surface area (Å²) in [6.07, 6.45) is 4.88. The summed E-state index contributed by atoms with van der Waals surface area (Å²) in [6, 6.07) is 55.9. The van der Waals surface area contributed by atoms with Crippen molar-refractivity contribution in [1.29, 1.82) is 0 Å². The molecule has 0 fully saturated rings. The van der Waals surface area contributed by atoms with Gasteiger partial charge in [-0.15, -0.1) is 0 Å². The number of fused-ring (bicyclic) bond motifs is 6. The minimum atomic E-state index is 0.00426. The molecular formula is C45H35N. The van der Waals surface area contributed by atoms with Crippen LogP contribution in [0.5, 0.6) is 0 Å². The van der Waals surface area contributed by atoms with Crippen molar-refractivity contribution >= 4 is 16.9 Å². The molecule has 1 heteroatoms. The quantitative estimate of drug-likeness (QED) is 0.198. The molecule has 46 heavy (non-hydrogen) atoms. The molecule has 9 rings (SSSR count). The third-order valence-electron chi connectivity index (χ3n) is 10.4. The van der Waals surface area contributed by atoms with Gasteiger partial charge in [0.25, 0.3) is 0 Å². The first-order valence-electron chi connectivity index (χ1n) is 16.4. The van der Waals surface area contributed by atoms with Gasteiger partial charge in [0.1, 0.15) is 0 Å². The van der Waals surface area contributed by atoms with Gasteiger partial charge < -0.3 is 4.90 Å². The molecule has 1 nitrogen and oxygen atoms in total. The number of anilines is 2. The Hall–Kier alpha value is -5.40. The Morgan fingerprint density at radius 2 is 1.07 bits per heavy atom. The minimum absolute atomic E-state index is 0.00426. The topological polar surface area (TPSA) is 3.24 Å². The summed E-state index contributed by atoms with van der Waals surface area (Å²) in [5, 5.41) is 0. The Morgan fingerprint density at radius 1 is 0.522 bits per heavy atom. The van der Waals surface area contributed by atoms with Crippen molar-refractivity contribution in [3.8, 4) is 33.4 Å². The van der Waals surface area contributed by atoms with Gasteiger partial charge in [-0.1, -0.05) is 141 Å². The third-order valence-corrected chi connectivity index (χ3v) is 10.4. The molecular weight excluding hydrogens is 555 g/mol. The molecule has 0 saturated carbocycles. The summed E-state index contributed by atoms with van der Waals surface area (Å²) in [7, 11) is 0. The van der Waals surface area contributed by atoms with E-state index in [1.165, 1.54) is 72.6 Å². The third kappa shape index (κ3) is 4.08. The van der Waals surface area contributed by atoms with Gasteiger partial charge >= 0.3 is 0 Å². The summed E-state index contributed by atoms with van der Waals surface area (Å²) in [5.41, 5.74) is 17.2. The number of hydrogen-bond acceptors (Lipinski definition) is 1. The highest BCUT2D eigenvalue weighted by Gasteiger charge is 2.48. The zero-order chi connectivity index (χ0) is 30.8. The molecule has 1 aliphatic heterocycles. The van der Waals surface area contributed by atoms with Crippen molar-refractivity contribution < 1.29 is 0 Å². The van der Waals surface area contributed by atoms with E-state index >= 15 is 0 Å². The minimum Gasteiger partial charge on any atom is -0.333 e. The van der Waals surface area contributed by atoms with Crippen LogP contribution in [0.2, 0.25) is 0 Å². The van der Waals surface area contributed by atoms with E-state index in [1.54, 1.807) is 0 Å². The largest absolute Gasteiger partial charge is 0.333 e. The zero-order valence-corrected chi connectivity index (χ0v) is 26.2. The van der Waals surface area contributed by atoms with E-state index in [1.807, 2.05) is 0 Å². The molecule has 3 aliphatic rings. The second-order valence-electron chi connectivity index (χ2n) is 13.3. The molecule has 0 spiro atoms. The van der Waals surface area contributed by atoms with E-state index in [9.17, 15) is 0 Å². The first-order chi connectivity index (χ1) is 22.6. The average Bonchev–Trinajstić information content (AvgIpc) is 3.58. The molecule has 0 radical (unpaired) electrons. The highest BCUT2D eigenvalue weighted by molar-refractivity contribution is 5.93. The van der Waals surface area contributed by atoms with Gasteiger partial charge in [-0.2, -0.15) is 0 Å². The van der Waals surface area contributed by atoms with Crippen molar-refractivity contribution in [2.24, 2.45) is 0 Å². The fourth-order valence-corrected chi connectivity index (χ4v) is 8.22. The van der Waals surface area contributed by atoms with Crippen LogP contribution in [0.1, 0.15) is 36.5 Å². The summed E-state index contributed by atoms with van der Waals surface area (Å²) < 4.78 is 0. The smallest absolute Gasteiger partial charge is 0.0635 e. The molecule has 1 heterocycles. The average molecular weight is 590 g/mol. The summed E-state index contributed by atoms with van der Waals surface area (Å²) in [6.45, 7) is 4.76. The van der Waals surface area contributed by atoms with Crippen LogP contribution in [0.25, 0.3) is 39.0 Å². The molecule has 220 valence electrons. The molecule has 6 aromatic carbocycles. The number of nitrogens with zero attached hydrogens (tertiary/aromatic N) is 1. The number of para-hydroxylation sites is 1. The van der Waals surface area contributed by atoms with Crippen molar-refractivity contribution in [3.05, 3.63) is 186 Å². The first-order valence-corrected chi connectivity index (χ1v) is 16.4. The maximum atomic E-state index is 2.56. The van der Waals surface area contributed by atoms with Crippen LogP contribution < -0.4 is 4.90 Å².